The van der Waals surface area contributed by atoms with Gasteiger partial charge >= 0.3 is 5.97 Å². The molecule has 1 aliphatic rings. The van der Waals surface area contributed by atoms with E-state index in [4.69, 9.17) is 5.11 Å². The van der Waals surface area contributed by atoms with Gasteiger partial charge in [0.05, 0.1) is 12.6 Å². The van der Waals surface area contributed by atoms with Crippen molar-refractivity contribution in [3.05, 3.63) is 0 Å². The minimum absolute atomic E-state index is 0.0572. The second-order valence-electron chi connectivity index (χ2n) is 3.12. The normalized spacial score (nSPS) is 22.4. The van der Waals surface area contributed by atoms with Crippen LogP contribution in [0.3, 0.4) is 0 Å². The first-order valence-corrected chi connectivity index (χ1v) is 4.21. The lowest BCUT2D eigenvalue weighted by Gasteiger charge is -2.14. The van der Waals surface area contributed by atoms with E-state index in [0.29, 0.717) is 6.54 Å². The number of carbonyl (C=O) groups excluding carboxylic acids is 1. The van der Waals surface area contributed by atoms with E-state index in [0.717, 1.165) is 0 Å². The van der Waals surface area contributed by atoms with Crippen LogP contribution in [0.25, 0.3) is 0 Å². The van der Waals surface area contributed by atoms with E-state index in [1.807, 2.05) is 0 Å². The Labute approximate surface area is 75.3 Å². The summed E-state index contributed by atoms with van der Waals surface area (Å²) in [4.78, 5) is 23.1. The van der Waals surface area contributed by atoms with E-state index in [1.165, 1.54) is 4.90 Å². The molecule has 0 aromatic carbocycles. The Bertz CT molecular complexity index is 219. The molecule has 1 unspecified atom stereocenters. The minimum atomic E-state index is -0.948. The summed E-state index contributed by atoms with van der Waals surface area (Å²) in [6.07, 6.45) is 0.347. The van der Waals surface area contributed by atoms with Gasteiger partial charge in [-0.25, -0.2) is 0 Å². The maximum Gasteiger partial charge on any atom is 0.308 e. The van der Waals surface area contributed by atoms with Gasteiger partial charge in [0, 0.05) is 19.5 Å². The Kier molecular flexibility index (Phi) is 3.22. The Hall–Kier alpha value is -1.13. The fraction of sp³-hybridized carbons (Fsp3) is 0.750. The molecule has 1 saturated heterocycles. The number of amides is 1. The van der Waals surface area contributed by atoms with Crippen LogP contribution in [0.2, 0.25) is 0 Å². The number of nitrogens with zero attached hydrogens (tertiary/aromatic N) is 1. The standard InChI is InChI=1S/C8H12FNO3/c9-2-1-3-10-5-6(8(12)13)4-7(10)11/h6H,1-5H2,(H,12,13). The lowest BCUT2D eigenvalue weighted by Crippen LogP contribution is -2.27. The summed E-state index contributed by atoms with van der Waals surface area (Å²) in [5.41, 5.74) is 0. The molecular formula is C8H12FNO3. The van der Waals surface area contributed by atoms with Gasteiger partial charge in [0.1, 0.15) is 0 Å². The molecule has 0 aromatic rings. The van der Waals surface area contributed by atoms with Gasteiger partial charge in [-0.1, -0.05) is 0 Å². The molecule has 74 valence electrons. The highest BCUT2D eigenvalue weighted by Crippen LogP contribution is 2.17. The quantitative estimate of drug-likeness (QED) is 0.691. The lowest BCUT2D eigenvalue weighted by molar-refractivity contribution is -0.141. The molecule has 0 aromatic heterocycles. The molecule has 0 saturated carbocycles. The number of hydrogen-bond acceptors (Lipinski definition) is 2. The number of halogens is 1. The van der Waals surface area contributed by atoms with Crippen LogP contribution in [0.1, 0.15) is 12.8 Å². The molecule has 0 spiro atoms. The van der Waals surface area contributed by atoms with Crippen molar-refractivity contribution in [2.45, 2.75) is 12.8 Å². The third-order valence-electron chi connectivity index (χ3n) is 2.13. The van der Waals surface area contributed by atoms with Crippen LogP contribution in [0.15, 0.2) is 0 Å². The molecule has 1 amide bonds. The number of hydrogen-bond donors (Lipinski definition) is 1. The van der Waals surface area contributed by atoms with E-state index in [-0.39, 0.29) is 25.3 Å². The molecule has 1 heterocycles. The van der Waals surface area contributed by atoms with Gasteiger partial charge in [-0.05, 0) is 6.42 Å². The summed E-state index contributed by atoms with van der Waals surface area (Å²) in [6, 6.07) is 0. The SMILES string of the molecule is O=C(O)C1CC(=O)N(CCCF)C1. The summed E-state index contributed by atoms with van der Waals surface area (Å²) in [5.74, 6) is -1.73. The highest BCUT2D eigenvalue weighted by atomic mass is 19.1. The lowest BCUT2D eigenvalue weighted by atomic mass is 10.1. The number of aliphatic carboxylic acids is 1. The fourth-order valence-electron chi connectivity index (χ4n) is 1.40. The van der Waals surface area contributed by atoms with Crippen molar-refractivity contribution in [3.63, 3.8) is 0 Å². The highest BCUT2D eigenvalue weighted by molar-refractivity contribution is 5.86. The van der Waals surface area contributed by atoms with Gasteiger partial charge in [0.25, 0.3) is 0 Å². The Balaban J connectivity index is 2.42. The predicted octanol–water partition coefficient (Wildman–Crippen LogP) is 0.279. The molecule has 1 N–H and O–H groups in total. The number of carbonyl (C=O) groups is 2. The third-order valence-corrected chi connectivity index (χ3v) is 2.13. The molecule has 13 heavy (non-hydrogen) atoms. The average Bonchev–Trinajstić information content (AvgIpc) is 2.44. The van der Waals surface area contributed by atoms with Crippen molar-refractivity contribution in [2.24, 2.45) is 5.92 Å². The summed E-state index contributed by atoms with van der Waals surface area (Å²) in [5, 5.41) is 8.62. The first-order chi connectivity index (χ1) is 6.15. The molecular weight excluding hydrogens is 177 g/mol. The summed E-state index contributed by atoms with van der Waals surface area (Å²) in [6.45, 7) is 0.0921. The Morgan fingerprint density at radius 2 is 2.38 bits per heavy atom. The van der Waals surface area contributed by atoms with Crippen LogP contribution < -0.4 is 0 Å². The zero-order chi connectivity index (χ0) is 9.84. The monoisotopic (exact) mass is 189 g/mol. The molecule has 1 rings (SSSR count). The van der Waals surface area contributed by atoms with Crippen LogP contribution in [0.4, 0.5) is 4.39 Å². The largest absolute Gasteiger partial charge is 0.481 e. The van der Waals surface area contributed by atoms with Crippen LogP contribution in [0.5, 0.6) is 0 Å². The maximum absolute atomic E-state index is 11.8. The van der Waals surface area contributed by atoms with Gasteiger partial charge in [0.2, 0.25) is 5.91 Å². The summed E-state index contributed by atoms with van der Waals surface area (Å²) >= 11 is 0. The number of carboxylic acid groups (broad SMARTS) is 1. The smallest absolute Gasteiger partial charge is 0.308 e. The van der Waals surface area contributed by atoms with Crippen molar-refractivity contribution in [1.29, 1.82) is 0 Å². The zero-order valence-corrected chi connectivity index (χ0v) is 7.20. The molecule has 4 nitrogen and oxygen atoms in total. The van der Waals surface area contributed by atoms with Crippen LogP contribution in [-0.4, -0.2) is 41.6 Å². The van der Waals surface area contributed by atoms with E-state index in [2.05, 4.69) is 0 Å². The summed E-state index contributed by atoms with van der Waals surface area (Å²) < 4.78 is 11.8. The molecule has 0 aliphatic carbocycles. The van der Waals surface area contributed by atoms with Crippen LogP contribution in [-0.2, 0) is 9.59 Å². The minimum Gasteiger partial charge on any atom is -0.481 e. The number of alkyl halides is 1. The van der Waals surface area contributed by atoms with Crippen LogP contribution >= 0.6 is 0 Å². The molecule has 0 radical (unpaired) electrons. The Morgan fingerprint density at radius 3 is 2.85 bits per heavy atom. The molecule has 1 fully saturated rings. The summed E-state index contributed by atoms with van der Waals surface area (Å²) in [7, 11) is 0. The van der Waals surface area contributed by atoms with E-state index < -0.39 is 18.6 Å². The van der Waals surface area contributed by atoms with Gasteiger partial charge in [0.15, 0.2) is 0 Å². The first kappa shape index (κ1) is 9.95. The first-order valence-electron chi connectivity index (χ1n) is 4.21. The van der Waals surface area contributed by atoms with E-state index in [9.17, 15) is 14.0 Å². The van der Waals surface area contributed by atoms with Crippen molar-refractivity contribution in [3.8, 4) is 0 Å². The number of likely N-dealkylation sites (tertiary alicyclic amines) is 1. The zero-order valence-electron chi connectivity index (χ0n) is 7.20. The van der Waals surface area contributed by atoms with Gasteiger partial charge < -0.3 is 10.0 Å². The maximum atomic E-state index is 11.8. The second-order valence-corrected chi connectivity index (χ2v) is 3.12. The number of rotatable bonds is 4. The van der Waals surface area contributed by atoms with Crippen molar-refractivity contribution >= 4 is 11.9 Å². The average molecular weight is 189 g/mol. The topological polar surface area (TPSA) is 57.6 Å². The third kappa shape index (κ3) is 2.40. The van der Waals surface area contributed by atoms with Crippen LogP contribution in [0, 0.1) is 5.92 Å². The van der Waals surface area contributed by atoms with Crippen molar-refractivity contribution < 1.29 is 19.1 Å². The van der Waals surface area contributed by atoms with Crippen molar-refractivity contribution in [2.75, 3.05) is 19.8 Å². The molecule has 1 atom stereocenters. The predicted molar refractivity (Wildman–Crippen MR) is 42.9 cm³/mol. The van der Waals surface area contributed by atoms with E-state index in [1.54, 1.807) is 0 Å². The van der Waals surface area contributed by atoms with Crippen molar-refractivity contribution in [1.82, 2.24) is 4.90 Å². The number of carboxylic acids is 1. The molecule has 5 heteroatoms. The van der Waals surface area contributed by atoms with E-state index >= 15 is 0 Å². The Morgan fingerprint density at radius 1 is 1.69 bits per heavy atom. The molecule has 1 aliphatic heterocycles. The van der Waals surface area contributed by atoms with Gasteiger partial charge in [-0.15, -0.1) is 0 Å². The molecule has 0 bridgehead atoms. The van der Waals surface area contributed by atoms with Gasteiger partial charge in [-0.3, -0.25) is 14.0 Å². The highest BCUT2D eigenvalue weighted by Gasteiger charge is 2.33. The fourth-order valence-corrected chi connectivity index (χ4v) is 1.40. The van der Waals surface area contributed by atoms with Gasteiger partial charge in [-0.2, -0.15) is 0 Å². The second kappa shape index (κ2) is 4.20.